The number of benzene rings is 1. The molecule has 5 N–H and O–H groups in total. The van der Waals surface area contributed by atoms with Crippen molar-refractivity contribution < 1.29 is 13.2 Å². The van der Waals surface area contributed by atoms with Gasteiger partial charge < -0.3 is 15.8 Å². The van der Waals surface area contributed by atoms with Crippen LogP contribution in [0.4, 0.5) is 11.4 Å². The molecule has 6 nitrogen and oxygen atoms in total. The van der Waals surface area contributed by atoms with Crippen molar-refractivity contribution >= 4 is 21.4 Å². The van der Waals surface area contributed by atoms with E-state index in [2.05, 4.69) is 5.32 Å². The fourth-order valence-electron chi connectivity index (χ4n) is 2.16. The maximum atomic E-state index is 11.2. The molecule has 0 bridgehead atoms. The number of methoxy groups -OCH3 is 1. The Morgan fingerprint density at radius 2 is 2.11 bits per heavy atom. The highest BCUT2D eigenvalue weighted by Gasteiger charge is 2.36. The van der Waals surface area contributed by atoms with E-state index in [1.54, 1.807) is 13.2 Å². The van der Waals surface area contributed by atoms with Crippen LogP contribution in [-0.4, -0.2) is 27.7 Å². The van der Waals surface area contributed by atoms with E-state index in [9.17, 15) is 8.42 Å². The summed E-state index contributed by atoms with van der Waals surface area (Å²) in [7, 11) is -2.01. The lowest BCUT2D eigenvalue weighted by Gasteiger charge is -2.40. The first-order valence-electron chi connectivity index (χ1n) is 6.08. The van der Waals surface area contributed by atoms with E-state index in [0.717, 1.165) is 19.3 Å². The van der Waals surface area contributed by atoms with Crippen molar-refractivity contribution in [1.29, 1.82) is 0 Å². The summed E-state index contributed by atoms with van der Waals surface area (Å²) in [4.78, 5) is 0.0145. The highest BCUT2D eigenvalue weighted by molar-refractivity contribution is 7.89. The molecule has 2 rings (SSSR count). The minimum Gasteiger partial charge on any atom is -0.397 e. The molecule has 0 heterocycles. The quantitative estimate of drug-likeness (QED) is 0.697. The zero-order valence-corrected chi connectivity index (χ0v) is 11.7. The molecule has 0 radical (unpaired) electrons. The van der Waals surface area contributed by atoms with Gasteiger partial charge in [-0.15, -0.1) is 0 Å². The molecular formula is C12H19N3O3S. The normalized spacial score (nSPS) is 17.8. The summed E-state index contributed by atoms with van der Waals surface area (Å²) in [5.41, 5.74) is 6.75. The van der Waals surface area contributed by atoms with Crippen LogP contribution in [0.2, 0.25) is 0 Å². The van der Waals surface area contributed by atoms with Gasteiger partial charge in [-0.1, -0.05) is 0 Å². The van der Waals surface area contributed by atoms with E-state index < -0.39 is 10.0 Å². The van der Waals surface area contributed by atoms with E-state index >= 15 is 0 Å². The van der Waals surface area contributed by atoms with Crippen LogP contribution in [0.15, 0.2) is 23.1 Å². The SMILES string of the molecule is COC1(CNc2ccc(S(N)(=O)=O)cc2N)CCC1. The number of hydrogen-bond donors (Lipinski definition) is 3. The van der Waals surface area contributed by atoms with Crippen molar-refractivity contribution in [2.24, 2.45) is 5.14 Å². The standard InChI is InChI=1S/C12H19N3O3S/c1-18-12(5-2-6-12)8-15-11-4-3-9(7-10(11)13)19(14,16)17/h3-4,7,15H,2,5-6,8,13H2,1H3,(H2,14,16,17). The number of rotatable bonds is 5. The second-order valence-corrected chi connectivity index (χ2v) is 6.45. The van der Waals surface area contributed by atoms with Gasteiger partial charge in [0.05, 0.1) is 21.9 Å². The van der Waals surface area contributed by atoms with Gasteiger partial charge in [0, 0.05) is 13.7 Å². The fourth-order valence-corrected chi connectivity index (χ4v) is 2.71. The van der Waals surface area contributed by atoms with Gasteiger partial charge in [-0.3, -0.25) is 0 Å². The fraction of sp³-hybridized carbons (Fsp3) is 0.500. The second kappa shape index (κ2) is 4.99. The average Bonchev–Trinajstić information content (AvgIpc) is 2.28. The Balaban J connectivity index is 2.10. The van der Waals surface area contributed by atoms with Gasteiger partial charge in [-0.05, 0) is 37.5 Å². The number of sulfonamides is 1. The number of anilines is 2. The lowest BCUT2D eigenvalue weighted by Crippen LogP contribution is -2.45. The van der Waals surface area contributed by atoms with Crippen LogP contribution in [-0.2, 0) is 14.8 Å². The Hall–Kier alpha value is -1.31. The molecule has 0 aromatic heterocycles. The van der Waals surface area contributed by atoms with Crippen LogP contribution in [0.5, 0.6) is 0 Å². The van der Waals surface area contributed by atoms with Gasteiger partial charge in [0.1, 0.15) is 0 Å². The molecule has 0 spiro atoms. The summed E-state index contributed by atoms with van der Waals surface area (Å²) in [6, 6.07) is 4.42. The Bertz CT molecular complexity index is 562. The molecule has 0 unspecified atom stereocenters. The van der Waals surface area contributed by atoms with E-state index in [4.69, 9.17) is 15.6 Å². The number of hydrogen-bond acceptors (Lipinski definition) is 5. The van der Waals surface area contributed by atoms with E-state index in [1.807, 2.05) is 0 Å². The lowest BCUT2D eigenvalue weighted by atomic mass is 9.80. The molecule has 1 aromatic carbocycles. The third-order valence-corrected chi connectivity index (χ3v) is 4.56. The topological polar surface area (TPSA) is 107 Å². The predicted molar refractivity (Wildman–Crippen MR) is 74.3 cm³/mol. The molecule has 1 fully saturated rings. The van der Waals surface area contributed by atoms with Crippen LogP contribution in [0.3, 0.4) is 0 Å². The smallest absolute Gasteiger partial charge is 0.238 e. The van der Waals surface area contributed by atoms with Crippen LogP contribution < -0.4 is 16.2 Å². The molecule has 7 heteroatoms. The molecule has 1 aliphatic rings. The molecule has 106 valence electrons. The first-order chi connectivity index (χ1) is 8.86. The van der Waals surface area contributed by atoms with Gasteiger partial charge in [-0.2, -0.15) is 0 Å². The van der Waals surface area contributed by atoms with E-state index in [1.165, 1.54) is 12.1 Å². The third kappa shape index (κ3) is 2.99. The lowest BCUT2D eigenvalue weighted by molar-refractivity contribution is -0.0601. The minimum atomic E-state index is -3.72. The third-order valence-electron chi connectivity index (χ3n) is 3.65. The van der Waals surface area contributed by atoms with Gasteiger partial charge in [0.25, 0.3) is 0 Å². The Morgan fingerprint density at radius 1 is 1.42 bits per heavy atom. The summed E-state index contributed by atoms with van der Waals surface area (Å²) in [6.45, 7) is 0.655. The number of nitrogen functional groups attached to an aromatic ring is 1. The molecule has 0 atom stereocenters. The monoisotopic (exact) mass is 285 g/mol. The molecule has 19 heavy (non-hydrogen) atoms. The maximum Gasteiger partial charge on any atom is 0.238 e. The number of ether oxygens (including phenoxy) is 1. The molecule has 1 aliphatic carbocycles. The Kier molecular flexibility index (Phi) is 3.71. The Morgan fingerprint density at radius 3 is 2.53 bits per heavy atom. The molecule has 0 amide bonds. The molecule has 0 aliphatic heterocycles. The first kappa shape index (κ1) is 14.1. The van der Waals surface area contributed by atoms with Crippen LogP contribution in [0.1, 0.15) is 19.3 Å². The number of nitrogens with two attached hydrogens (primary N) is 2. The summed E-state index contributed by atoms with van der Waals surface area (Å²) >= 11 is 0. The summed E-state index contributed by atoms with van der Waals surface area (Å²) in [6.07, 6.45) is 3.20. The molecule has 0 saturated heterocycles. The number of primary sulfonamides is 1. The van der Waals surface area contributed by atoms with Crippen LogP contribution in [0.25, 0.3) is 0 Å². The van der Waals surface area contributed by atoms with Gasteiger partial charge in [-0.25, -0.2) is 13.6 Å². The summed E-state index contributed by atoms with van der Waals surface area (Å²) in [5, 5.41) is 8.25. The van der Waals surface area contributed by atoms with Crippen molar-refractivity contribution in [1.82, 2.24) is 0 Å². The zero-order valence-electron chi connectivity index (χ0n) is 10.8. The summed E-state index contributed by atoms with van der Waals surface area (Å²) in [5.74, 6) is 0. The highest BCUT2D eigenvalue weighted by atomic mass is 32.2. The predicted octanol–water partition coefficient (Wildman–Crippen LogP) is 0.897. The Labute approximate surface area is 113 Å². The minimum absolute atomic E-state index is 0.0145. The molecular weight excluding hydrogens is 266 g/mol. The van der Waals surface area contributed by atoms with Crippen LogP contribution >= 0.6 is 0 Å². The maximum absolute atomic E-state index is 11.2. The van der Waals surface area contributed by atoms with E-state index in [0.29, 0.717) is 17.9 Å². The van der Waals surface area contributed by atoms with Crippen molar-refractivity contribution in [2.75, 3.05) is 24.7 Å². The largest absolute Gasteiger partial charge is 0.397 e. The second-order valence-electron chi connectivity index (χ2n) is 4.89. The molecule has 1 aromatic rings. The van der Waals surface area contributed by atoms with Gasteiger partial charge >= 0.3 is 0 Å². The van der Waals surface area contributed by atoms with Crippen molar-refractivity contribution in [3.8, 4) is 0 Å². The van der Waals surface area contributed by atoms with Crippen molar-refractivity contribution in [2.45, 2.75) is 29.8 Å². The summed E-state index contributed by atoms with van der Waals surface area (Å²) < 4.78 is 27.9. The van der Waals surface area contributed by atoms with Gasteiger partial charge in [0.15, 0.2) is 0 Å². The molecule has 1 saturated carbocycles. The first-order valence-corrected chi connectivity index (χ1v) is 7.62. The average molecular weight is 285 g/mol. The highest BCUT2D eigenvalue weighted by Crippen LogP contribution is 2.35. The van der Waals surface area contributed by atoms with Crippen LogP contribution in [0, 0.1) is 0 Å². The number of nitrogens with one attached hydrogen (secondary N) is 1. The van der Waals surface area contributed by atoms with Crippen molar-refractivity contribution in [3.05, 3.63) is 18.2 Å². The van der Waals surface area contributed by atoms with Gasteiger partial charge in [0.2, 0.25) is 10.0 Å². The zero-order chi connectivity index (χ0) is 14.1. The van der Waals surface area contributed by atoms with E-state index in [-0.39, 0.29) is 10.5 Å². The van der Waals surface area contributed by atoms with Crippen molar-refractivity contribution in [3.63, 3.8) is 0 Å².